The summed E-state index contributed by atoms with van der Waals surface area (Å²) in [6, 6.07) is 1.41. The summed E-state index contributed by atoms with van der Waals surface area (Å²) in [5, 5.41) is 0. The molecular formula is C15H23NO3. The third kappa shape index (κ3) is 4.89. The van der Waals surface area contributed by atoms with Gasteiger partial charge in [-0.15, -0.1) is 0 Å². The van der Waals surface area contributed by atoms with Crippen LogP contribution in [-0.2, 0) is 11.8 Å². The molecule has 4 nitrogen and oxygen atoms in total. The minimum absolute atomic E-state index is 0.156. The van der Waals surface area contributed by atoms with E-state index in [-0.39, 0.29) is 17.1 Å². The first-order chi connectivity index (χ1) is 9.06. The lowest BCUT2D eigenvalue weighted by atomic mass is 10.1. The molecule has 1 aromatic heterocycles. The van der Waals surface area contributed by atoms with E-state index in [9.17, 15) is 9.59 Å². The summed E-state index contributed by atoms with van der Waals surface area (Å²) in [6.07, 6.45) is 7.44. The number of carbonyl (C=O) groups is 1. The van der Waals surface area contributed by atoms with Crippen LogP contribution in [0.5, 0.6) is 5.75 Å². The van der Waals surface area contributed by atoms with Gasteiger partial charge in [-0.2, -0.15) is 0 Å². The summed E-state index contributed by atoms with van der Waals surface area (Å²) in [5.74, 6) is -0.161. The Kier molecular flexibility index (Phi) is 6.33. The second-order valence-electron chi connectivity index (χ2n) is 4.84. The highest BCUT2D eigenvalue weighted by Gasteiger charge is 2.11. The lowest BCUT2D eigenvalue weighted by Gasteiger charge is -2.09. The van der Waals surface area contributed by atoms with Crippen molar-refractivity contribution in [1.29, 1.82) is 0 Å². The van der Waals surface area contributed by atoms with Crippen LogP contribution in [0.1, 0.15) is 51.1 Å². The third-order valence-electron chi connectivity index (χ3n) is 3.23. The van der Waals surface area contributed by atoms with Crippen molar-refractivity contribution in [2.24, 2.45) is 7.05 Å². The molecule has 106 valence electrons. The first-order valence-corrected chi connectivity index (χ1v) is 6.93. The Morgan fingerprint density at radius 1 is 1.26 bits per heavy atom. The van der Waals surface area contributed by atoms with E-state index in [0.29, 0.717) is 12.1 Å². The number of pyridine rings is 1. The van der Waals surface area contributed by atoms with Crippen molar-refractivity contribution in [3.05, 3.63) is 28.2 Å². The molecule has 4 heteroatoms. The van der Waals surface area contributed by atoms with Gasteiger partial charge in [0, 0.05) is 25.7 Å². The molecule has 19 heavy (non-hydrogen) atoms. The number of aromatic nitrogens is 1. The van der Waals surface area contributed by atoms with Crippen molar-refractivity contribution < 1.29 is 9.53 Å². The second-order valence-corrected chi connectivity index (χ2v) is 4.84. The molecule has 0 saturated carbocycles. The van der Waals surface area contributed by atoms with Gasteiger partial charge in [0.25, 0.3) is 0 Å². The van der Waals surface area contributed by atoms with Gasteiger partial charge in [0.05, 0.1) is 5.69 Å². The van der Waals surface area contributed by atoms with E-state index in [2.05, 4.69) is 6.92 Å². The van der Waals surface area contributed by atoms with Crippen molar-refractivity contribution in [3.63, 3.8) is 0 Å². The van der Waals surface area contributed by atoms with Gasteiger partial charge in [-0.25, -0.2) is 0 Å². The molecular weight excluding hydrogens is 242 g/mol. The standard InChI is InChI=1S/C15H23NO3/c1-4-5-6-7-8-9-14(18)19-15-12(2)16(3)11-10-13(15)17/h10-11H,4-9H2,1-3H3. The molecule has 0 bridgehead atoms. The third-order valence-corrected chi connectivity index (χ3v) is 3.23. The van der Waals surface area contributed by atoms with Crippen LogP contribution in [0.4, 0.5) is 0 Å². The van der Waals surface area contributed by atoms with Gasteiger partial charge in [-0.05, 0) is 13.3 Å². The maximum absolute atomic E-state index is 11.7. The van der Waals surface area contributed by atoms with Crippen LogP contribution in [0, 0.1) is 6.92 Å². The van der Waals surface area contributed by atoms with Crippen LogP contribution >= 0.6 is 0 Å². The van der Waals surface area contributed by atoms with Gasteiger partial charge >= 0.3 is 5.97 Å². The highest BCUT2D eigenvalue weighted by molar-refractivity contribution is 5.72. The maximum Gasteiger partial charge on any atom is 0.311 e. The van der Waals surface area contributed by atoms with Crippen molar-refractivity contribution >= 4 is 5.97 Å². The molecule has 0 radical (unpaired) electrons. The minimum Gasteiger partial charge on any atom is -0.420 e. The summed E-state index contributed by atoms with van der Waals surface area (Å²) < 4.78 is 6.96. The van der Waals surface area contributed by atoms with E-state index >= 15 is 0 Å². The summed E-state index contributed by atoms with van der Waals surface area (Å²) in [4.78, 5) is 23.3. The molecule has 0 aliphatic heterocycles. The lowest BCUT2D eigenvalue weighted by molar-refractivity contribution is -0.134. The first kappa shape index (κ1) is 15.5. The zero-order valence-electron chi connectivity index (χ0n) is 12.1. The molecule has 0 spiro atoms. The number of aryl methyl sites for hydroxylation is 1. The smallest absolute Gasteiger partial charge is 0.311 e. The number of hydrogen-bond acceptors (Lipinski definition) is 3. The Bertz CT molecular complexity index is 477. The number of esters is 1. The number of carbonyl (C=O) groups excluding carboxylic acids is 1. The summed E-state index contributed by atoms with van der Waals surface area (Å²) in [7, 11) is 1.82. The predicted octanol–water partition coefficient (Wildman–Crippen LogP) is 2.96. The molecule has 1 rings (SSSR count). The number of ether oxygens (including phenoxy) is 1. The van der Waals surface area contributed by atoms with Gasteiger partial charge < -0.3 is 9.30 Å². The van der Waals surface area contributed by atoms with Gasteiger partial charge in [-0.3, -0.25) is 9.59 Å². The SMILES string of the molecule is CCCCCCCC(=O)Oc1c(C)n(C)ccc1=O. The van der Waals surface area contributed by atoms with Gasteiger partial charge in [-0.1, -0.05) is 32.6 Å². The Morgan fingerprint density at radius 3 is 2.63 bits per heavy atom. The normalized spacial score (nSPS) is 10.5. The molecule has 0 N–H and O–H groups in total. The molecule has 0 atom stereocenters. The fourth-order valence-electron chi connectivity index (χ4n) is 1.87. The molecule has 0 unspecified atom stereocenters. The van der Waals surface area contributed by atoms with Crippen LogP contribution in [-0.4, -0.2) is 10.5 Å². The van der Waals surface area contributed by atoms with Gasteiger partial charge in [0.1, 0.15) is 0 Å². The Labute approximate surface area is 114 Å². The van der Waals surface area contributed by atoms with Crippen LogP contribution in [0.2, 0.25) is 0 Å². The largest absolute Gasteiger partial charge is 0.420 e. The molecule has 0 aliphatic rings. The number of hydrogen-bond donors (Lipinski definition) is 0. The molecule has 0 amide bonds. The quantitative estimate of drug-likeness (QED) is 0.562. The van der Waals surface area contributed by atoms with E-state index in [1.807, 2.05) is 7.05 Å². The average Bonchev–Trinajstić information content (AvgIpc) is 2.39. The highest BCUT2D eigenvalue weighted by atomic mass is 16.5. The van der Waals surface area contributed by atoms with Crippen molar-refractivity contribution in [2.75, 3.05) is 0 Å². The van der Waals surface area contributed by atoms with E-state index in [1.54, 1.807) is 17.7 Å². The van der Waals surface area contributed by atoms with Crippen LogP contribution in [0.25, 0.3) is 0 Å². The first-order valence-electron chi connectivity index (χ1n) is 6.93. The van der Waals surface area contributed by atoms with Crippen molar-refractivity contribution in [2.45, 2.75) is 52.4 Å². The summed E-state index contributed by atoms with van der Waals surface area (Å²) in [5.41, 5.74) is 0.432. The Morgan fingerprint density at radius 2 is 1.95 bits per heavy atom. The average molecular weight is 265 g/mol. The fourth-order valence-corrected chi connectivity index (χ4v) is 1.87. The Balaban J connectivity index is 2.49. The highest BCUT2D eigenvalue weighted by Crippen LogP contribution is 2.12. The number of unbranched alkanes of at least 4 members (excludes halogenated alkanes) is 4. The zero-order valence-corrected chi connectivity index (χ0v) is 12.1. The minimum atomic E-state index is -0.317. The fraction of sp³-hybridized carbons (Fsp3) is 0.600. The molecule has 0 aliphatic carbocycles. The lowest BCUT2D eigenvalue weighted by Crippen LogP contribution is -2.17. The molecule has 1 heterocycles. The maximum atomic E-state index is 11.7. The molecule has 1 aromatic rings. The van der Waals surface area contributed by atoms with Crippen LogP contribution < -0.4 is 10.2 Å². The predicted molar refractivity (Wildman–Crippen MR) is 75.4 cm³/mol. The molecule has 0 saturated heterocycles. The van der Waals surface area contributed by atoms with E-state index < -0.39 is 0 Å². The van der Waals surface area contributed by atoms with Gasteiger partial charge in [0.2, 0.25) is 5.43 Å². The van der Waals surface area contributed by atoms with E-state index in [1.165, 1.54) is 18.9 Å². The van der Waals surface area contributed by atoms with Crippen molar-refractivity contribution in [3.8, 4) is 5.75 Å². The molecule has 0 aromatic carbocycles. The monoisotopic (exact) mass is 265 g/mol. The topological polar surface area (TPSA) is 48.3 Å². The van der Waals surface area contributed by atoms with Gasteiger partial charge in [0.15, 0.2) is 5.75 Å². The Hall–Kier alpha value is -1.58. The molecule has 0 fully saturated rings. The van der Waals surface area contributed by atoms with Crippen LogP contribution in [0.15, 0.2) is 17.1 Å². The number of rotatable bonds is 7. The van der Waals surface area contributed by atoms with Crippen LogP contribution in [0.3, 0.4) is 0 Å². The summed E-state index contributed by atoms with van der Waals surface area (Å²) in [6.45, 7) is 3.92. The second kappa shape index (κ2) is 7.77. The van der Waals surface area contributed by atoms with Crippen molar-refractivity contribution in [1.82, 2.24) is 4.57 Å². The number of nitrogens with zero attached hydrogens (tertiary/aromatic N) is 1. The van der Waals surface area contributed by atoms with E-state index in [4.69, 9.17) is 4.74 Å². The zero-order chi connectivity index (χ0) is 14.3. The van der Waals surface area contributed by atoms with E-state index in [0.717, 1.165) is 19.3 Å². The summed E-state index contributed by atoms with van der Waals surface area (Å²) >= 11 is 0.